The van der Waals surface area contributed by atoms with E-state index in [2.05, 4.69) is 0 Å². The Morgan fingerprint density at radius 2 is 1.47 bits per heavy atom. The monoisotopic (exact) mass is 240 g/mol. The number of rotatable bonds is 3. The Bertz CT molecular complexity index is 219. The zero-order valence-electron chi connectivity index (χ0n) is 9.87. The van der Waals surface area contributed by atoms with Gasteiger partial charge in [0.2, 0.25) is 0 Å². The van der Waals surface area contributed by atoms with Gasteiger partial charge in [0.05, 0.1) is 19.8 Å². The first-order valence-electron chi connectivity index (χ1n) is 4.29. The third kappa shape index (κ3) is 11.0. The van der Waals surface area contributed by atoms with Crippen LogP contribution in [-0.4, -0.2) is 39.7 Å². The molecule has 0 aliphatic heterocycles. The SMILES string of the molecule is OCC(O)CO.OCc1ccccc1.[H-].[K+]. The maximum Gasteiger partial charge on any atom is 1.00 e. The zero-order valence-corrected chi connectivity index (χ0v) is 12.0. The molecule has 0 aliphatic rings. The van der Waals surface area contributed by atoms with Crippen LogP contribution in [0.25, 0.3) is 0 Å². The van der Waals surface area contributed by atoms with Gasteiger partial charge in [-0.25, -0.2) is 0 Å². The van der Waals surface area contributed by atoms with E-state index < -0.39 is 6.10 Å². The van der Waals surface area contributed by atoms with Crippen molar-refractivity contribution in [3.05, 3.63) is 35.9 Å². The molecular formula is C10H17KO4. The van der Waals surface area contributed by atoms with Gasteiger partial charge in [0.15, 0.2) is 0 Å². The van der Waals surface area contributed by atoms with E-state index in [0.29, 0.717) is 0 Å². The molecule has 0 aliphatic carbocycles. The van der Waals surface area contributed by atoms with Crippen molar-refractivity contribution in [2.45, 2.75) is 12.7 Å². The van der Waals surface area contributed by atoms with Gasteiger partial charge in [-0.3, -0.25) is 0 Å². The van der Waals surface area contributed by atoms with Crippen molar-refractivity contribution in [3.63, 3.8) is 0 Å². The molecule has 1 aromatic carbocycles. The number of aliphatic hydroxyl groups is 4. The predicted octanol–water partition coefficient (Wildman–Crippen LogP) is -3.37. The quantitative estimate of drug-likeness (QED) is 0.416. The Balaban J connectivity index is -0.000000195. The summed E-state index contributed by atoms with van der Waals surface area (Å²) >= 11 is 0. The number of hydrogen-bond donors (Lipinski definition) is 4. The molecule has 1 rings (SSSR count). The standard InChI is InChI=1S/C7H8O.C3H8O3.K.H/c8-6-7-4-2-1-3-5-7;4-1-3(6)2-5;;/h1-5,8H,6H2;3-6H,1-2H2;;/q;;+1;-1. The van der Waals surface area contributed by atoms with Crippen molar-refractivity contribution in [2.75, 3.05) is 13.2 Å². The normalized spacial score (nSPS) is 8.87. The second kappa shape index (κ2) is 12.8. The number of hydrogen-bond acceptors (Lipinski definition) is 4. The Morgan fingerprint density at radius 1 is 1.00 bits per heavy atom. The van der Waals surface area contributed by atoms with E-state index in [-0.39, 0.29) is 72.6 Å². The van der Waals surface area contributed by atoms with Gasteiger partial charge >= 0.3 is 51.4 Å². The topological polar surface area (TPSA) is 80.9 Å². The molecule has 15 heavy (non-hydrogen) atoms. The molecule has 0 unspecified atom stereocenters. The minimum atomic E-state index is -0.954. The minimum Gasteiger partial charge on any atom is -1.00 e. The summed E-state index contributed by atoms with van der Waals surface area (Å²) in [6.45, 7) is -0.589. The fraction of sp³-hybridized carbons (Fsp3) is 0.400. The first kappa shape index (κ1) is 18.1. The molecule has 1 aromatic rings. The second-order valence-electron chi connectivity index (χ2n) is 2.66. The second-order valence-corrected chi connectivity index (χ2v) is 2.66. The largest absolute Gasteiger partial charge is 1.00 e. The summed E-state index contributed by atoms with van der Waals surface area (Å²) in [5.74, 6) is 0. The third-order valence-corrected chi connectivity index (χ3v) is 1.45. The van der Waals surface area contributed by atoms with Crippen LogP contribution in [0.4, 0.5) is 0 Å². The van der Waals surface area contributed by atoms with Crippen LogP contribution in [0.1, 0.15) is 6.99 Å². The number of benzene rings is 1. The Morgan fingerprint density at radius 3 is 1.67 bits per heavy atom. The van der Waals surface area contributed by atoms with E-state index >= 15 is 0 Å². The molecule has 0 aromatic heterocycles. The molecule has 0 amide bonds. The molecule has 0 radical (unpaired) electrons. The molecule has 0 saturated carbocycles. The molecule has 0 atom stereocenters. The van der Waals surface area contributed by atoms with E-state index in [4.69, 9.17) is 20.4 Å². The minimum absolute atomic E-state index is 0. The molecule has 0 heterocycles. The van der Waals surface area contributed by atoms with Crippen LogP contribution in [-0.2, 0) is 6.61 Å². The molecule has 82 valence electrons. The van der Waals surface area contributed by atoms with Crippen molar-refractivity contribution in [1.29, 1.82) is 0 Å². The maximum atomic E-state index is 8.54. The van der Waals surface area contributed by atoms with Crippen molar-refractivity contribution in [3.8, 4) is 0 Å². The fourth-order valence-electron chi connectivity index (χ4n) is 0.641. The van der Waals surface area contributed by atoms with Gasteiger partial charge in [0.25, 0.3) is 0 Å². The van der Waals surface area contributed by atoms with Gasteiger partial charge in [-0.05, 0) is 5.56 Å². The van der Waals surface area contributed by atoms with E-state index in [0.717, 1.165) is 5.56 Å². The summed E-state index contributed by atoms with van der Waals surface area (Å²) in [6, 6.07) is 9.52. The van der Waals surface area contributed by atoms with Crippen LogP contribution >= 0.6 is 0 Å². The van der Waals surface area contributed by atoms with Gasteiger partial charge < -0.3 is 21.9 Å². The summed E-state index contributed by atoms with van der Waals surface area (Å²) in [5.41, 5.74) is 0.965. The zero-order chi connectivity index (χ0) is 10.8. The van der Waals surface area contributed by atoms with Crippen LogP contribution in [0.3, 0.4) is 0 Å². The van der Waals surface area contributed by atoms with Crippen LogP contribution in [0.5, 0.6) is 0 Å². The maximum absolute atomic E-state index is 8.54. The number of aliphatic hydroxyl groups excluding tert-OH is 4. The van der Waals surface area contributed by atoms with Gasteiger partial charge in [0.1, 0.15) is 6.10 Å². The van der Waals surface area contributed by atoms with Gasteiger partial charge in [-0.15, -0.1) is 0 Å². The van der Waals surface area contributed by atoms with Crippen LogP contribution in [0.2, 0.25) is 0 Å². The summed E-state index contributed by atoms with van der Waals surface area (Å²) < 4.78 is 0. The van der Waals surface area contributed by atoms with Crippen molar-refractivity contribution in [2.24, 2.45) is 0 Å². The van der Waals surface area contributed by atoms with Crippen LogP contribution < -0.4 is 51.4 Å². The molecule has 4 N–H and O–H groups in total. The van der Waals surface area contributed by atoms with Crippen molar-refractivity contribution < 1.29 is 73.2 Å². The summed E-state index contributed by atoms with van der Waals surface area (Å²) in [6.07, 6.45) is -0.954. The fourth-order valence-corrected chi connectivity index (χ4v) is 0.641. The molecule has 0 saturated heterocycles. The van der Waals surface area contributed by atoms with Crippen LogP contribution in [0, 0.1) is 0 Å². The first-order chi connectivity index (χ1) is 6.74. The molecule has 0 spiro atoms. The Kier molecular flexibility index (Phi) is 15.4. The van der Waals surface area contributed by atoms with Gasteiger partial charge in [0, 0.05) is 0 Å². The molecule has 0 bridgehead atoms. The molecular weight excluding hydrogens is 223 g/mol. The average molecular weight is 240 g/mol. The molecule has 5 heteroatoms. The van der Waals surface area contributed by atoms with Gasteiger partial charge in [-0.2, -0.15) is 0 Å². The van der Waals surface area contributed by atoms with Gasteiger partial charge in [-0.1, -0.05) is 30.3 Å². The third-order valence-electron chi connectivity index (χ3n) is 1.45. The predicted molar refractivity (Wildman–Crippen MR) is 53.7 cm³/mol. The van der Waals surface area contributed by atoms with Crippen LogP contribution in [0.15, 0.2) is 30.3 Å². The first-order valence-corrected chi connectivity index (χ1v) is 4.29. The van der Waals surface area contributed by atoms with Crippen molar-refractivity contribution in [1.82, 2.24) is 0 Å². The van der Waals surface area contributed by atoms with E-state index in [9.17, 15) is 0 Å². The smallest absolute Gasteiger partial charge is 1.00 e. The average Bonchev–Trinajstić information content (AvgIpc) is 2.30. The summed E-state index contributed by atoms with van der Waals surface area (Å²) in [5, 5.41) is 32.6. The van der Waals surface area contributed by atoms with E-state index in [1.165, 1.54) is 0 Å². The Labute approximate surface area is 133 Å². The van der Waals surface area contributed by atoms with Crippen molar-refractivity contribution >= 4 is 0 Å². The molecule has 0 fully saturated rings. The summed E-state index contributed by atoms with van der Waals surface area (Å²) in [7, 11) is 0. The summed E-state index contributed by atoms with van der Waals surface area (Å²) in [4.78, 5) is 0. The molecule has 4 nitrogen and oxygen atoms in total. The van der Waals surface area contributed by atoms with E-state index in [1.807, 2.05) is 30.3 Å². The Hall–Kier alpha value is 0.696. The van der Waals surface area contributed by atoms with E-state index in [1.54, 1.807) is 0 Å².